The van der Waals surface area contributed by atoms with Gasteiger partial charge < -0.3 is 19.7 Å². The zero-order valence-corrected chi connectivity index (χ0v) is 18.7. The first-order valence-electron chi connectivity index (χ1n) is 10.0. The Kier molecular flexibility index (Phi) is 7.86. The standard InChI is InChI=1S/C24H32N2O4/c1-17(23(28)25-5)26(15-18-10-9-11-19(14-18)29-6)22(27)16-30-21-13-8-7-12-20(21)24(2,3)4/h7-14,17H,15-16H2,1-6H3,(H,25,28). The lowest BCUT2D eigenvalue weighted by atomic mass is 9.86. The number of benzene rings is 2. The number of rotatable bonds is 8. The van der Waals surface area contributed by atoms with Gasteiger partial charge in [-0.1, -0.05) is 51.1 Å². The molecule has 0 spiro atoms. The van der Waals surface area contributed by atoms with E-state index in [-0.39, 0.29) is 30.4 Å². The monoisotopic (exact) mass is 412 g/mol. The molecule has 0 aliphatic heterocycles. The third-order valence-electron chi connectivity index (χ3n) is 4.95. The van der Waals surface area contributed by atoms with Crippen molar-refractivity contribution >= 4 is 11.8 Å². The van der Waals surface area contributed by atoms with E-state index in [0.29, 0.717) is 11.5 Å². The minimum absolute atomic E-state index is 0.116. The lowest BCUT2D eigenvalue weighted by Gasteiger charge is -2.29. The molecule has 6 heteroatoms. The fraction of sp³-hybridized carbons (Fsp3) is 0.417. The van der Waals surface area contributed by atoms with E-state index in [0.717, 1.165) is 11.1 Å². The molecule has 0 fully saturated rings. The zero-order valence-electron chi connectivity index (χ0n) is 18.7. The molecule has 6 nitrogen and oxygen atoms in total. The number of carbonyl (C=O) groups excluding carboxylic acids is 2. The Morgan fingerprint density at radius 2 is 1.80 bits per heavy atom. The number of nitrogens with one attached hydrogen (secondary N) is 1. The van der Waals surface area contributed by atoms with E-state index >= 15 is 0 Å². The van der Waals surface area contributed by atoms with Gasteiger partial charge in [0.1, 0.15) is 17.5 Å². The highest BCUT2D eigenvalue weighted by molar-refractivity contribution is 5.87. The summed E-state index contributed by atoms with van der Waals surface area (Å²) in [6.45, 7) is 8.12. The van der Waals surface area contributed by atoms with Crippen LogP contribution >= 0.6 is 0 Å². The second kappa shape index (κ2) is 10.1. The highest BCUT2D eigenvalue weighted by Gasteiger charge is 2.27. The highest BCUT2D eigenvalue weighted by atomic mass is 16.5. The average molecular weight is 413 g/mol. The number of likely N-dealkylation sites (N-methyl/N-ethyl adjacent to an activating group) is 1. The van der Waals surface area contributed by atoms with Crippen LogP contribution in [0.15, 0.2) is 48.5 Å². The van der Waals surface area contributed by atoms with E-state index in [2.05, 4.69) is 26.1 Å². The Morgan fingerprint density at radius 1 is 1.10 bits per heavy atom. The molecule has 0 radical (unpaired) electrons. The first-order chi connectivity index (χ1) is 14.2. The third-order valence-corrected chi connectivity index (χ3v) is 4.95. The van der Waals surface area contributed by atoms with Gasteiger partial charge in [0.2, 0.25) is 5.91 Å². The van der Waals surface area contributed by atoms with Crippen molar-refractivity contribution in [2.75, 3.05) is 20.8 Å². The number of hydrogen-bond donors (Lipinski definition) is 1. The molecule has 0 aliphatic rings. The van der Waals surface area contributed by atoms with Gasteiger partial charge in [-0.2, -0.15) is 0 Å². The van der Waals surface area contributed by atoms with Crippen LogP contribution in [0.5, 0.6) is 11.5 Å². The topological polar surface area (TPSA) is 67.9 Å². The lowest BCUT2D eigenvalue weighted by Crippen LogP contribution is -2.48. The van der Waals surface area contributed by atoms with E-state index in [4.69, 9.17) is 9.47 Å². The number of nitrogens with zero attached hydrogens (tertiary/aromatic N) is 1. The molecule has 0 bridgehead atoms. The summed E-state index contributed by atoms with van der Waals surface area (Å²) in [5, 5.41) is 2.61. The molecular weight excluding hydrogens is 380 g/mol. The molecule has 162 valence electrons. The van der Waals surface area contributed by atoms with Crippen molar-refractivity contribution in [3.8, 4) is 11.5 Å². The maximum Gasteiger partial charge on any atom is 0.261 e. The summed E-state index contributed by atoms with van der Waals surface area (Å²) < 4.78 is 11.2. The van der Waals surface area contributed by atoms with Crippen molar-refractivity contribution in [2.24, 2.45) is 0 Å². The number of hydrogen-bond acceptors (Lipinski definition) is 4. The molecule has 30 heavy (non-hydrogen) atoms. The van der Waals surface area contributed by atoms with Crippen LogP contribution < -0.4 is 14.8 Å². The van der Waals surface area contributed by atoms with Gasteiger partial charge in [-0.05, 0) is 41.7 Å². The highest BCUT2D eigenvalue weighted by Crippen LogP contribution is 2.31. The Labute approximate surface area is 179 Å². The Bertz CT molecular complexity index is 874. The van der Waals surface area contributed by atoms with Gasteiger partial charge in [0, 0.05) is 13.6 Å². The van der Waals surface area contributed by atoms with Crippen molar-refractivity contribution in [2.45, 2.75) is 45.7 Å². The number of para-hydroxylation sites is 1. The molecule has 0 aromatic heterocycles. The number of carbonyl (C=O) groups is 2. The molecule has 1 atom stereocenters. The van der Waals surface area contributed by atoms with Crippen LogP contribution in [0.3, 0.4) is 0 Å². The summed E-state index contributed by atoms with van der Waals surface area (Å²) in [6, 6.07) is 14.5. The van der Waals surface area contributed by atoms with Gasteiger partial charge >= 0.3 is 0 Å². The van der Waals surface area contributed by atoms with E-state index in [9.17, 15) is 9.59 Å². The zero-order chi connectivity index (χ0) is 22.3. The van der Waals surface area contributed by atoms with Crippen LogP contribution in [0.1, 0.15) is 38.8 Å². The predicted octanol–water partition coefficient (Wildman–Crippen LogP) is 3.53. The fourth-order valence-electron chi connectivity index (χ4n) is 3.19. The molecule has 1 N–H and O–H groups in total. The number of amides is 2. The minimum atomic E-state index is -0.643. The molecule has 1 unspecified atom stereocenters. The van der Waals surface area contributed by atoms with Crippen LogP contribution in [0.25, 0.3) is 0 Å². The van der Waals surface area contributed by atoms with E-state index in [1.165, 1.54) is 4.90 Å². The predicted molar refractivity (Wildman–Crippen MR) is 118 cm³/mol. The molecule has 0 saturated heterocycles. The van der Waals surface area contributed by atoms with Gasteiger partial charge in [-0.25, -0.2) is 0 Å². The fourth-order valence-corrected chi connectivity index (χ4v) is 3.19. The SMILES string of the molecule is CNC(=O)C(C)N(Cc1cccc(OC)c1)C(=O)COc1ccccc1C(C)(C)C. The largest absolute Gasteiger partial charge is 0.497 e. The van der Waals surface area contributed by atoms with Crippen LogP contribution in [0.4, 0.5) is 0 Å². The first-order valence-corrected chi connectivity index (χ1v) is 10.0. The van der Waals surface area contributed by atoms with E-state index in [1.807, 2.05) is 48.5 Å². The maximum atomic E-state index is 13.1. The molecule has 2 aromatic rings. The van der Waals surface area contributed by atoms with Crippen LogP contribution in [-0.4, -0.2) is 43.5 Å². The summed E-state index contributed by atoms with van der Waals surface area (Å²) >= 11 is 0. The lowest BCUT2D eigenvalue weighted by molar-refractivity contribution is -0.142. The smallest absolute Gasteiger partial charge is 0.261 e. The summed E-state index contributed by atoms with van der Waals surface area (Å²) in [7, 11) is 3.15. The quantitative estimate of drug-likeness (QED) is 0.720. The average Bonchev–Trinajstić information content (AvgIpc) is 2.74. The molecule has 2 amide bonds. The summed E-state index contributed by atoms with van der Waals surface area (Å²) in [5.41, 5.74) is 1.78. The van der Waals surface area contributed by atoms with Crippen LogP contribution in [0, 0.1) is 0 Å². The van der Waals surface area contributed by atoms with Gasteiger partial charge in [-0.15, -0.1) is 0 Å². The van der Waals surface area contributed by atoms with Gasteiger partial charge in [0.05, 0.1) is 7.11 Å². The Hall–Kier alpha value is -3.02. The first kappa shape index (κ1) is 23.3. The Morgan fingerprint density at radius 3 is 2.43 bits per heavy atom. The van der Waals surface area contributed by atoms with E-state index < -0.39 is 6.04 Å². The van der Waals surface area contributed by atoms with Gasteiger partial charge in [0.25, 0.3) is 5.91 Å². The summed E-state index contributed by atoms with van der Waals surface area (Å²) in [4.78, 5) is 26.9. The normalized spacial score (nSPS) is 12.1. The second-order valence-electron chi connectivity index (χ2n) is 8.20. The van der Waals surface area contributed by atoms with Crippen molar-refractivity contribution in [3.05, 3.63) is 59.7 Å². The van der Waals surface area contributed by atoms with Crippen molar-refractivity contribution < 1.29 is 19.1 Å². The molecule has 2 aromatic carbocycles. The van der Waals surface area contributed by atoms with Gasteiger partial charge in [-0.3, -0.25) is 9.59 Å². The second-order valence-corrected chi connectivity index (χ2v) is 8.20. The van der Waals surface area contributed by atoms with Crippen LogP contribution in [-0.2, 0) is 21.5 Å². The Balaban J connectivity index is 2.22. The number of methoxy groups -OCH3 is 1. The van der Waals surface area contributed by atoms with Gasteiger partial charge in [0.15, 0.2) is 6.61 Å². The van der Waals surface area contributed by atoms with E-state index in [1.54, 1.807) is 21.1 Å². The van der Waals surface area contributed by atoms with Crippen molar-refractivity contribution in [1.29, 1.82) is 0 Å². The number of ether oxygens (including phenoxy) is 2. The van der Waals surface area contributed by atoms with Crippen molar-refractivity contribution in [1.82, 2.24) is 10.2 Å². The van der Waals surface area contributed by atoms with Crippen molar-refractivity contribution in [3.63, 3.8) is 0 Å². The summed E-state index contributed by atoms with van der Waals surface area (Å²) in [5.74, 6) is 0.870. The molecule has 0 saturated carbocycles. The maximum absolute atomic E-state index is 13.1. The molecular formula is C24H32N2O4. The molecule has 2 rings (SSSR count). The summed E-state index contributed by atoms with van der Waals surface area (Å²) in [6.07, 6.45) is 0. The third kappa shape index (κ3) is 5.99. The molecule has 0 aliphatic carbocycles. The minimum Gasteiger partial charge on any atom is -0.497 e. The van der Waals surface area contributed by atoms with Crippen LogP contribution in [0.2, 0.25) is 0 Å². The molecule has 0 heterocycles.